The number of nitrogens with one attached hydrogen (secondary N) is 1. The number of amides is 2. The van der Waals surface area contributed by atoms with Gasteiger partial charge in [0, 0.05) is 52.1 Å². The van der Waals surface area contributed by atoms with Crippen LogP contribution in [0.1, 0.15) is 38.5 Å². The van der Waals surface area contributed by atoms with Gasteiger partial charge >= 0.3 is 0 Å². The van der Waals surface area contributed by atoms with E-state index in [9.17, 15) is 14.7 Å². The highest BCUT2D eigenvalue weighted by atomic mass is 16.3. The molecule has 0 aromatic carbocycles. The van der Waals surface area contributed by atoms with Crippen LogP contribution in [0.3, 0.4) is 0 Å². The van der Waals surface area contributed by atoms with Gasteiger partial charge in [0.05, 0.1) is 6.10 Å². The molecule has 3 fully saturated rings. The van der Waals surface area contributed by atoms with Crippen molar-refractivity contribution >= 4 is 11.8 Å². The molecular weight excluding hydrogens is 282 g/mol. The molecule has 0 aromatic rings. The maximum atomic E-state index is 12.3. The molecule has 124 valence electrons. The van der Waals surface area contributed by atoms with Gasteiger partial charge in [-0.3, -0.25) is 9.59 Å². The van der Waals surface area contributed by atoms with Crippen LogP contribution in [0.2, 0.25) is 0 Å². The Morgan fingerprint density at radius 1 is 1.27 bits per heavy atom. The monoisotopic (exact) mass is 309 g/mol. The van der Waals surface area contributed by atoms with Gasteiger partial charge in [-0.25, -0.2) is 0 Å². The Hall–Kier alpha value is -1.14. The van der Waals surface area contributed by atoms with Crippen LogP contribution in [0.15, 0.2) is 0 Å². The zero-order valence-corrected chi connectivity index (χ0v) is 13.2. The van der Waals surface area contributed by atoms with Crippen LogP contribution in [0.4, 0.5) is 0 Å². The summed E-state index contributed by atoms with van der Waals surface area (Å²) in [6.07, 6.45) is 4.55. The summed E-state index contributed by atoms with van der Waals surface area (Å²) in [6.45, 7) is 4.25. The molecule has 0 unspecified atom stereocenters. The zero-order valence-electron chi connectivity index (χ0n) is 13.2. The molecule has 2 heterocycles. The smallest absolute Gasteiger partial charge is 0.223 e. The fraction of sp³-hybridized carbons (Fsp3) is 0.875. The molecule has 1 spiro atoms. The molecule has 2 aliphatic heterocycles. The van der Waals surface area contributed by atoms with Crippen LogP contribution >= 0.6 is 0 Å². The third-order valence-corrected chi connectivity index (χ3v) is 5.47. The first-order valence-electron chi connectivity index (χ1n) is 8.55. The highest BCUT2D eigenvalue weighted by Crippen LogP contribution is 2.53. The van der Waals surface area contributed by atoms with Crippen LogP contribution in [-0.2, 0) is 9.59 Å². The van der Waals surface area contributed by atoms with Gasteiger partial charge in [-0.15, -0.1) is 0 Å². The Balaban J connectivity index is 1.39. The average Bonchev–Trinajstić information content (AvgIpc) is 3.30. The second-order valence-electron chi connectivity index (χ2n) is 6.95. The number of likely N-dealkylation sites (tertiary alicyclic amines) is 1. The topological polar surface area (TPSA) is 72.9 Å². The van der Waals surface area contributed by atoms with Crippen LogP contribution in [-0.4, -0.2) is 72.1 Å². The minimum absolute atomic E-state index is 0.120. The number of nitrogens with zero attached hydrogens (tertiary/aromatic N) is 2. The molecule has 6 heteroatoms. The molecule has 2 amide bonds. The third-order valence-electron chi connectivity index (χ3n) is 5.47. The van der Waals surface area contributed by atoms with Gasteiger partial charge in [-0.1, -0.05) is 0 Å². The van der Waals surface area contributed by atoms with Crippen molar-refractivity contribution in [2.75, 3.05) is 39.3 Å². The molecule has 2 saturated heterocycles. The van der Waals surface area contributed by atoms with Crippen molar-refractivity contribution in [3.05, 3.63) is 0 Å². The van der Waals surface area contributed by atoms with Crippen LogP contribution < -0.4 is 5.32 Å². The second-order valence-corrected chi connectivity index (χ2v) is 6.95. The van der Waals surface area contributed by atoms with E-state index >= 15 is 0 Å². The largest absolute Gasteiger partial charge is 0.391 e. The summed E-state index contributed by atoms with van der Waals surface area (Å²) in [6, 6.07) is 0. The fourth-order valence-corrected chi connectivity index (χ4v) is 3.62. The number of rotatable bonds is 4. The number of β-amino-alcohol motifs (C(OH)–C–C–N with tert-alkyl or cyclic N) is 1. The Kier molecular flexibility index (Phi) is 4.68. The Labute approximate surface area is 131 Å². The molecular formula is C16H27N3O3. The molecule has 2 N–H and O–H groups in total. The summed E-state index contributed by atoms with van der Waals surface area (Å²) >= 11 is 0. The minimum Gasteiger partial charge on any atom is -0.391 e. The van der Waals surface area contributed by atoms with Gasteiger partial charge in [-0.05, 0) is 31.1 Å². The number of aliphatic hydroxyl groups is 1. The number of carbonyl (C=O) groups excluding carboxylic acids is 2. The SMILES string of the molecule is O=C1CCNCCN1CCCC(=O)N1CCC2(CC2)[C@H](O)C1. The molecule has 1 aliphatic carbocycles. The first kappa shape index (κ1) is 15.7. The summed E-state index contributed by atoms with van der Waals surface area (Å²) < 4.78 is 0. The lowest BCUT2D eigenvalue weighted by Gasteiger charge is -2.36. The van der Waals surface area contributed by atoms with Gasteiger partial charge < -0.3 is 20.2 Å². The van der Waals surface area contributed by atoms with Crippen molar-refractivity contribution in [2.45, 2.75) is 44.6 Å². The predicted molar refractivity (Wildman–Crippen MR) is 82.2 cm³/mol. The van der Waals surface area contributed by atoms with Crippen molar-refractivity contribution in [3.63, 3.8) is 0 Å². The maximum absolute atomic E-state index is 12.3. The van der Waals surface area contributed by atoms with E-state index in [4.69, 9.17) is 0 Å². The maximum Gasteiger partial charge on any atom is 0.223 e. The lowest BCUT2D eigenvalue weighted by molar-refractivity contribution is -0.137. The number of aliphatic hydroxyl groups excluding tert-OH is 1. The molecule has 1 saturated carbocycles. The number of hydrogen-bond donors (Lipinski definition) is 2. The number of hydrogen-bond acceptors (Lipinski definition) is 4. The van der Waals surface area contributed by atoms with E-state index in [-0.39, 0.29) is 23.3 Å². The van der Waals surface area contributed by atoms with Gasteiger partial charge in [0.15, 0.2) is 0 Å². The lowest BCUT2D eigenvalue weighted by atomic mass is 9.90. The molecule has 1 atom stereocenters. The number of carbonyl (C=O) groups is 2. The first-order chi connectivity index (χ1) is 10.6. The van der Waals surface area contributed by atoms with Gasteiger partial charge in [0.1, 0.15) is 0 Å². The standard InChI is InChI=1S/C16H27N3O3/c20-13-12-19(10-6-16(13)4-5-16)14(21)2-1-9-18-11-8-17-7-3-15(18)22/h13,17,20H,1-12H2/t13-/m1/s1. The Morgan fingerprint density at radius 3 is 2.82 bits per heavy atom. The van der Waals surface area contributed by atoms with E-state index < -0.39 is 0 Å². The summed E-state index contributed by atoms with van der Waals surface area (Å²) in [5, 5.41) is 13.4. The van der Waals surface area contributed by atoms with Gasteiger partial charge in [0.2, 0.25) is 11.8 Å². The van der Waals surface area contributed by atoms with E-state index in [1.54, 1.807) is 4.90 Å². The normalized spacial score (nSPS) is 27.9. The molecule has 6 nitrogen and oxygen atoms in total. The van der Waals surface area contributed by atoms with E-state index in [1.807, 2.05) is 4.90 Å². The summed E-state index contributed by atoms with van der Waals surface area (Å²) in [5.74, 6) is 0.302. The van der Waals surface area contributed by atoms with Gasteiger partial charge in [-0.2, -0.15) is 0 Å². The lowest BCUT2D eigenvalue weighted by Crippen LogP contribution is -2.47. The summed E-state index contributed by atoms with van der Waals surface area (Å²) in [5.41, 5.74) is 0.141. The highest BCUT2D eigenvalue weighted by molar-refractivity contribution is 5.77. The Bertz CT molecular complexity index is 436. The van der Waals surface area contributed by atoms with E-state index in [1.165, 1.54) is 0 Å². The molecule has 0 aromatic heterocycles. The third kappa shape index (κ3) is 3.43. The number of piperidine rings is 1. The summed E-state index contributed by atoms with van der Waals surface area (Å²) in [4.78, 5) is 27.8. The molecule has 22 heavy (non-hydrogen) atoms. The van der Waals surface area contributed by atoms with E-state index in [2.05, 4.69) is 5.32 Å². The fourth-order valence-electron chi connectivity index (χ4n) is 3.62. The Morgan fingerprint density at radius 2 is 2.09 bits per heavy atom. The van der Waals surface area contributed by atoms with Crippen LogP contribution in [0.5, 0.6) is 0 Å². The van der Waals surface area contributed by atoms with Crippen molar-refractivity contribution < 1.29 is 14.7 Å². The molecule has 0 radical (unpaired) electrons. The van der Waals surface area contributed by atoms with E-state index in [0.29, 0.717) is 32.4 Å². The summed E-state index contributed by atoms with van der Waals surface area (Å²) in [7, 11) is 0. The minimum atomic E-state index is -0.344. The molecule has 3 aliphatic rings. The second kappa shape index (κ2) is 6.54. The molecule has 3 rings (SSSR count). The zero-order chi connectivity index (χ0) is 15.6. The van der Waals surface area contributed by atoms with Crippen molar-refractivity contribution in [3.8, 4) is 0 Å². The van der Waals surface area contributed by atoms with Crippen molar-refractivity contribution in [2.24, 2.45) is 5.41 Å². The predicted octanol–water partition coefficient (Wildman–Crippen LogP) is -0.0381. The van der Waals surface area contributed by atoms with Crippen molar-refractivity contribution in [1.82, 2.24) is 15.1 Å². The molecule has 0 bridgehead atoms. The average molecular weight is 309 g/mol. The van der Waals surface area contributed by atoms with Crippen molar-refractivity contribution in [1.29, 1.82) is 0 Å². The quantitative estimate of drug-likeness (QED) is 0.764. The van der Waals surface area contributed by atoms with E-state index in [0.717, 1.165) is 45.4 Å². The van der Waals surface area contributed by atoms with Crippen LogP contribution in [0.25, 0.3) is 0 Å². The highest BCUT2D eigenvalue weighted by Gasteiger charge is 2.51. The van der Waals surface area contributed by atoms with Crippen LogP contribution in [0, 0.1) is 5.41 Å². The first-order valence-corrected chi connectivity index (χ1v) is 8.55. The van der Waals surface area contributed by atoms with Gasteiger partial charge in [0.25, 0.3) is 0 Å².